The van der Waals surface area contributed by atoms with Crippen molar-refractivity contribution in [2.24, 2.45) is 17.8 Å². The Labute approximate surface area is 87.1 Å². The second-order valence-corrected chi connectivity index (χ2v) is 4.23. The molecule has 0 amide bonds. The van der Waals surface area contributed by atoms with Crippen molar-refractivity contribution in [2.45, 2.75) is 46.5 Å². The molecule has 1 saturated carbocycles. The maximum atomic E-state index is 9.99. The molecule has 0 bridgehead atoms. The number of rotatable bonds is 5. The topological polar surface area (TPSA) is 34.1 Å². The van der Waals surface area contributed by atoms with Crippen LogP contribution in [0.3, 0.4) is 0 Å². The Morgan fingerprint density at radius 1 is 1.21 bits per heavy atom. The van der Waals surface area contributed by atoms with Gasteiger partial charge in [0.05, 0.1) is 0 Å². The second kappa shape index (κ2) is 7.72. The first-order chi connectivity index (χ1) is 6.65. The van der Waals surface area contributed by atoms with E-state index in [1.54, 1.807) is 0 Å². The molecule has 0 spiro atoms. The molecule has 2 atom stereocenters. The summed E-state index contributed by atoms with van der Waals surface area (Å²) < 4.78 is 0. The van der Waals surface area contributed by atoms with E-state index >= 15 is 0 Å². The Balaban J connectivity index is 0.000000241. The third-order valence-corrected chi connectivity index (χ3v) is 2.56. The molecule has 0 N–H and O–H groups in total. The minimum atomic E-state index is 0.269. The molecule has 2 heteroatoms. The van der Waals surface area contributed by atoms with Crippen LogP contribution in [0.25, 0.3) is 0 Å². The standard InChI is InChI=1S/C6H10O.C6H12O/c1-5(4-7)6-2-3-6;1-3-4-6(2)5-7/h4-6H,2-3H2,1H3;5-6H,3-4H2,1-2H3. The molecule has 1 aliphatic rings. The van der Waals surface area contributed by atoms with Gasteiger partial charge in [-0.05, 0) is 25.2 Å². The van der Waals surface area contributed by atoms with E-state index in [4.69, 9.17) is 0 Å². The largest absolute Gasteiger partial charge is 0.303 e. The first kappa shape index (κ1) is 13.3. The Bertz CT molecular complexity index is 162. The van der Waals surface area contributed by atoms with Gasteiger partial charge in [-0.2, -0.15) is 0 Å². The molecule has 82 valence electrons. The van der Waals surface area contributed by atoms with Gasteiger partial charge in [0, 0.05) is 11.8 Å². The van der Waals surface area contributed by atoms with Crippen molar-refractivity contribution in [3.63, 3.8) is 0 Å². The highest BCUT2D eigenvalue weighted by Gasteiger charge is 2.26. The fourth-order valence-corrected chi connectivity index (χ4v) is 1.26. The summed E-state index contributed by atoms with van der Waals surface area (Å²) in [6.07, 6.45) is 6.75. The number of hydrogen-bond donors (Lipinski definition) is 0. The van der Waals surface area contributed by atoms with Crippen LogP contribution in [0.1, 0.15) is 46.5 Å². The SMILES string of the molecule is CC(C=O)C1CC1.CCCC(C)C=O. The molecule has 0 saturated heterocycles. The average Bonchev–Trinajstić information content (AvgIpc) is 3.01. The van der Waals surface area contributed by atoms with Crippen molar-refractivity contribution in [1.29, 1.82) is 0 Å². The number of carbonyl (C=O) groups excluding carboxylic acids is 2. The van der Waals surface area contributed by atoms with Gasteiger partial charge in [0.2, 0.25) is 0 Å². The Morgan fingerprint density at radius 3 is 1.93 bits per heavy atom. The van der Waals surface area contributed by atoms with Crippen molar-refractivity contribution in [2.75, 3.05) is 0 Å². The van der Waals surface area contributed by atoms with E-state index in [2.05, 4.69) is 6.92 Å². The predicted octanol–water partition coefficient (Wildman–Crippen LogP) is 2.85. The van der Waals surface area contributed by atoms with E-state index < -0.39 is 0 Å². The van der Waals surface area contributed by atoms with E-state index in [-0.39, 0.29) is 5.92 Å². The van der Waals surface area contributed by atoms with Gasteiger partial charge in [-0.3, -0.25) is 0 Å². The van der Waals surface area contributed by atoms with Gasteiger partial charge >= 0.3 is 0 Å². The van der Waals surface area contributed by atoms with Crippen molar-refractivity contribution in [1.82, 2.24) is 0 Å². The van der Waals surface area contributed by atoms with Gasteiger partial charge in [-0.25, -0.2) is 0 Å². The van der Waals surface area contributed by atoms with Crippen LogP contribution in [-0.4, -0.2) is 12.6 Å². The molecule has 1 aliphatic carbocycles. The highest BCUT2D eigenvalue weighted by Crippen LogP contribution is 2.35. The minimum absolute atomic E-state index is 0.269. The van der Waals surface area contributed by atoms with Gasteiger partial charge in [-0.15, -0.1) is 0 Å². The molecule has 0 aliphatic heterocycles. The summed E-state index contributed by atoms with van der Waals surface area (Å²) in [6.45, 7) is 6.02. The highest BCUT2D eigenvalue weighted by atomic mass is 16.1. The summed E-state index contributed by atoms with van der Waals surface area (Å²) in [5, 5.41) is 0. The minimum Gasteiger partial charge on any atom is -0.303 e. The van der Waals surface area contributed by atoms with E-state index in [9.17, 15) is 9.59 Å². The second-order valence-electron chi connectivity index (χ2n) is 4.23. The lowest BCUT2D eigenvalue weighted by Crippen LogP contribution is -1.95. The fraction of sp³-hybridized carbons (Fsp3) is 0.833. The molecule has 14 heavy (non-hydrogen) atoms. The Morgan fingerprint density at radius 2 is 1.79 bits per heavy atom. The van der Waals surface area contributed by atoms with Crippen molar-refractivity contribution in [3.05, 3.63) is 0 Å². The Kier molecular flexibility index (Phi) is 7.35. The molecular weight excluding hydrogens is 176 g/mol. The zero-order chi connectivity index (χ0) is 11.0. The molecule has 1 fully saturated rings. The molecule has 0 aromatic carbocycles. The molecule has 0 heterocycles. The van der Waals surface area contributed by atoms with E-state index in [1.165, 1.54) is 12.8 Å². The lowest BCUT2D eigenvalue weighted by atomic mass is 10.1. The van der Waals surface area contributed by atoms with Crippen LogP contribution >= 0.6 is 0 Å². The lowest BCUT2D eigenvalue weighted by molar-refractivity contribution is -0.111. The molecular formula is C12H22O2. The van der Waals surface area contributed by atoms with Crippen LogP contribution in [0, 0.1) is 17.8 Å². The highest BCUT2D eigenvalue weighted by molar-refractivity contribution is 5.53. The van der Waals surface area contributed by atoms with Crippen LogP contribution in [0.15, 0.2) is 0 Å². The quantitative estimate of drug-likeness (QED) is 0.636. The average molecular weight is 198 g/mol. The maximum Gasteiger partial charge on any atom is 0.123 e. The summed E-state index contributed by atoms with van der Waals surface area (Å²) in [7, 11) is 0. The van der Waals surface area contributed by atoms with Crippen LogP contribution in [0.2, 0.25) is 0 Å². The smallest absolute Gasteiger partial charge is 0.123 e. The van der Waals surface area contributed by atoms with E-state index in [1.807, 2.05) is 13.8 Å². The zero-order valence-corrected chi connectivity index (χ0v) is 9.53. The summed E-state index contributed by atoms with van der Waals surface area (Å²) in [5.41, 5.74) is 0. The van der Waals surface area contributed by atoms with Crippen LogP contribution in [-0.2, 0) is 9.59 Å². The normalized spacial score (nSPS) is 18.8. The van der Waals surface area contributed by atoms with Gasteiger partial charge in [0.15, 0.2) is 0 Å². The molecule has 0 aromatic rings. The van der Waals surface area contributed by atoms with Gasteiger partial charge in [0.1, 0.15) is 12.6 Å². The summed E-state index contributed by atoms with van der Waals surface area (Å²) in [4.78, 5) is 19.9. The van der Waals surface area contributed by atoms with Crippen molar-refractivity contribution < 1.29 is 9.59 Å². The maximum absolute atomic E-state index is 9.99. The molecule has 0 radical (unpaired) electrons. The summed E-state index contributed by atoms with van der Waals surface area (Å²) in [6, 6.07) is 0. The third kappa shape index (κ3) is 6.81. The zero-order valence-electron chi connectivity index (χ0n) is 9.53. The van der Waals surface area contributed by atoms with Gasteiger partial charge in [-0.1, -0.05) is 27.2 Å². The van der Waals surface area contributed by atoms with Gasteiger partial charge < -0.3 is 9.59 Å². The van der Waals surface area contributed by atoms with Crippen molar-refractivity contribution >= 4 is 12.6 Å². The first-order valence-electron chi connectivity index (χ1n) is 5.56. The van der Waals surface area contributed by atoms with Crippen LogP contribution in [0.4, 0.5) is 0 Å². The van der Waals surface area contributed by atoms with E-state index in [0.717, 1.165) is 31.3 Å². The number of aldehydes is 2. The first-order valence-corrected chi connectivity index (χ1v) is 5.56. The number of carbonyl (C=O) groups is 2. The summed E-state index contributed by atoms with van der Waals surface area (Å²) >= 11 is 0. The molecule has 0 aromatic heterocycles. The van der Waals surface area contributed by atoms with Crippen LogP contribution < -0.4 is 0 Å². The number of hydrogen-bond acceptors (Lipinski definition) is 2. The Hall–Kier alpha value is -0.660. The van der Waals surface area contributed by atoms with E-state index in [0.29, 0.717) is 5.92 Å². The summed E-state index contributed by atoms with van der Waals surface area (Å²) in [5.74, 6) is 1.35. The van der Waals surface area contributed by atoms with Crippen LogP contribution in [0.5, 0.6) is 0 Å². The molecule has 2 unspecified atom stereocenters. The molecule has 2 nitrogen and oxygen atoms in total. The third-order valence-electron chi connectivity index (χ3n) is 2.56. The lowest BCUT2D eigenvalue weighted by Gasteiger charge is -1.94. The van der Waals surface area contributed by atoms with Crippen molar-refractivity contribution in [3.8, 4) is 0 Å². The fourth-order valence-electron chi connectivity index (χ4n) is 1.26. The predicted molar refractivity (Wildman–Crippen MR) is 58.1 cm³/mol. The monoisotopic (exact) mass is 198 g/mol. The molecule has 1 rings (SSSR count). The van der Waals surface area contributed by atoms with Gasteiger partial charge in [0.25, 0.3) is 0 Å².